The molecular formula is C31H31N5O5. The predicted molar refractivity (Wildman–Crippen MR) is 149 cm³/mol. The van der Waals surface area contributed by atoms with E-state index in [4.69, 9.17) is 4.74 Å². The zero-order valence-electron chi connectivity index (χ0n) is 22.8. The maximum absolute atomic E-state index is 13.6. The quantitative estimate of drug-likeness (QED) is 0.465. The lowest BCUT2D eigenvalue weighted by Gasteiger charge is -2.35. The van der Waals surface area contributed by atoms with Gasteiger partial charge < -0.3 is 14.5 Å². The van der Waals surface area contributed by atoms with E-state index >= 15 is 0 Å². The average molecular weight is 554 g/mol. The molecule has 2 fully saturated rings. The molecule has 2 aromatic heterocycles. The van der Waals surface area contributed by atoms with E-state index in [9.17, 15) is 19.2 Å². The Morgan fingerprint density at radius 2 is 1.80 bits per heavy atom. The Balaban J connectivity index is 1.13. The third kappa shape index (κ3) is 5.41. The van der Waals surface area contributed by atoms with Gasteiger partial charge in [0, 0.05) is 43.0 Å². The van der Waals surface area contributed by atoms with Gasteiger partial charge >= 0.3 is 0 Å². The number of ether oxygens (including phenoxy) is 1. The van der Waals surface area contributed by atoms with Gasteiger partial charge in [-0.05, 0) is 86.2 Å². The summed E-state index contributed by atoms with van der Waals surface area (Å²) in [6, 6.07) is 11.9. The highest BCUT2D eigenvalue weighted by Crippen LogP contribution is 2.31. The first kappa shape index (κ1) is 26.6. The number of nitrogens with zero attached hydrogens (tertiary/aromatic N) is 4. The van der Waals surface area contributed by atoms with E-state index in [0.717, 1.165) is 36.1 Å². The summed E-state index contributed by atoms with van der Waals surface area (Å²) in [4.78, 5) is 62.7. The lowest BCUT2D eigenvalue weighted by Crippen LogP contribution is -2.52. The van der Waals surface area contributed by atoms with Crippen molar-refractivity contribution in [2.75, 3.05) is 13.2 Å². The molecule has 0 aliphatic carbocycles. The number of pyridine rings is 2. The van der Waals surface area contributed by atoms with Crippen LogP contribution in [0.25, 0.3) is 11.4 Å². The fraction of sp³-hybridized carbons (Fsp3) is 0.355. The number of fused-ring (bicyclic) bond motifs is 1. The molecule has 4 amide bonds. The highest BCUT2D eigenvalue weighted by atomic mass is 16.5. The average Bonchev–Trinajstić information content (AvgIpc) is 3.31. The number of rotatable bonds is 6. The van der Waals surface area contributed by atoms with E-state index in [1.807, 2.05) is 30.0 Å². The molecule has 41 heavy (non-hydrogen) atoms. The number of piperidine rings is 2. The maximum Gasteiger partial charge on any atom is 0.255 e. The van der Waals surface area contributed by atoms with Gasteiger partial charge in [-0.3, -0.25) is 34.5 Å². The van der Waals surface area contributed by atoms with Crippen molar-refractivity contribution in [2.24, 2.45) is 0 Å². The summed E-state index contributed by atoms with van der Waals surface area (Å²) in [5, 5.41) is 2.32. The van der Waals surface area contributed by atoms with E-state index in [1.54, 1.807) is 36.7 Å². The molecule has 3 aromatic rings. The number of aryl methyl sites for hydroxylation is 1. The summed E-state index contributed by atoms with van der Waals surface area (Å²) < 4.78 is 6.17. The van der Waals surface area contributed by atoms with Gasteiger partial charge in [0.2, 0.25) is 11.8 Å². The molecule has 10 nitrogen and oxygen atoms in total. The van der Waals surface area contributed by atoms with Crippen LogP contribution in [-0.4, -0.2) is 68.6 Å². The van der Waals surface area contributed by atoms with E-state index in [2.05, 4.69) is 15.3 Å². The van der Waals surface area contributed by atoms with Gasteiger partial charge in [-0.15, -0.1) is 0 Å². The van der Waals surface area contributed by atoms with Gasteiger partial charge in [-0.1, -0.05) is 0 Å². The number of nitrogens with one attached hydrogen (secondary N) is 1. The molecule has 10 heteroatoms. The van der Waals surface area contributed by atoms with Crippen LogP contribution in [0.1, 0.15) is 63.9 Å². The summed E-state index contributed by atoms with van der Waals surface area (Å²) >= 11 is 0. The van der Waals surface area contributed by atoms with Gasteiger partial charge in [0.1, 0.15) is 18.4 Å². The first-order valence-corrected chi connectivity index (χ1v) is 14.0. The van der Waals surface area contributed by atoms with Crippen molar-refractivity contribution in [3.05, 3.63) is 77.1 Å². The predicted octanol–water partition coefficient (Wildman–Crippen LogP) is 3.29. The van der Waals surface area contributed by atoms with Crippen molar-refractivity contribution in [1.82, 2.24) is 25.1 Å². The smallest absolute Gasteiger partial charge is 0.255 e. The standard InChI is InChI=1S/C31H31N5O5/c1-19-9-11-32-25(14-19)26-16-20(10-12-33-26)30(39)35-13-3-2-4-22(35)18-41-23-5-6-24-21(15-23)17-36(31(24)40)27-7-8-28(37)34-29(27)38/h5-6,9-12,14-16,22,27H,2-4,7-8,13,17-18H2,1H3,(H,34,37,38)/t22-,27?/m1/s1. The van der Waals surface area contributed by atoms with E-state index in [-0.39, 0.29) is 36.7 Å². The monoisotopic (exact) mass is 553 g/mol. The van der Waals surface area contributed by atoms with E-state index in [0.29, 0.717) is 42.1 Å². The third-order valence-electron chi connectivity index (χ3n) is 8.01. The van der Waals surface area contributed by atoms with Crippen molar-refractivity contribution in [3.8, 4) is 17.1 Å². The molecule has 2 atom stereocenters. The summed E-state index contributed by atoms with van der Waals surface area (Å²) in [7, 11) is 0. The number of carbonyl (C=O) groups excluding carboxylic acids is 4. The van der Waals surface area contributed by atoms with Crippen LogP contribution in [0.3, 0.4) is 0 Å². The van der Waals surface area contributed by atoms with E-state index < -0.39 is 11.9 Å². The minimum absolute atomic E-state index is 0.0611. The molecule has 1 N–H and O–H groups in total. The second kappa shape index (κ2) is 11.1. The fourth-order valence-corrected chi connectivity index (χ4v) is 5.82. The van der Waals surface area contributed by atoms with Crippen LogP contribution in [0.4, 0.5) is 0 Å². The number of benzene rings is 1. The van der Waals surface area contributed by atoms with Crippen LogP contribution in [0.15, 0.2) is 54.9 Å². The Kier molecular flexibility index (Phi) is 7.21. The second-order valence-corrected chi connectivity index (χ2v) is 10.8. The van der Waals surface area contributed by atoms with Crippen LogP contribution < -0.4 is 10.1 Å². The molecule has 0 radical (unpaired) electrons. The SMILES string of the molecule is Cc1ccnc(-c2cc(C(=O)N3CCCC[C@@H]3COc3ccc4c(c3)CN(C3CCC(=O)NC3=O)C4=O)ccn2)c1. The number of carbonyl (C=O) groups is 4. The number of imide groups is 1. The highest BCUT2D eigenvalue weighted by molar-refractivity contribution is 6.05. The molecule has 6 rings (SSSR count). The summed E-state index contributed by atoms with van der Waals surface area (Å²) in [5.41, 5.74) is 4.33. The minimum Gasteiger partial charge on any atom is -0.491 e. The van der Waals surface area contributed by atoms with Crippen LogP contribution in [0, 0.1) is 6.92 Å². The van der Waals surface area contributed by atoms with E-state index in [1.165, 1.54) is 4.90 Å². The second-order valence-electron chi connectivity index (χ2n) is 10.8. The molecular weight excluding hydrogens is 522 g/mol. The Bertz CT molecular complexity index is 1540. The van der Waals surface area contributed by atoms with Crippen molar-refractivity contribution in [3.63, 3.8) is 0 Å². The van der Waals surface area contributed by atoms with Crippen molar-refractivity contribution < 1.29 is 23.9 Å². The zero-order chi connectivity index (χ0) is 28.5. The molecule has 3 aliphatic heterocycles. The largest absolute Gasteiger partial charge is 0.491 e. The minimum atomic E-state index is -0.658. The third-order valence-corrected chi connectivity index (χ3v) is 8.01. The van der Waals surface area contributed by atoms with Crippen molar-refractivity contribution in [2.45, 2.75) is 57.7 Å². The summed E-state index contributed by atoms with van der Waals surface area (Å²) in [6.07, 6.45) is 6.68. The molecule has 1 aromatic carbocycles. The Morgan fingerprint density at radius 1 is 1.00 bits per heavy atom. The molecule has 210 valence electrons. The fourth-order valence-electron chi connectivity index (χ4n) is 5.82. The van der Waals surface area contributed by atoms with Gasteiger partial charge in [-0.2, -0.15) is 0 Å². The maximum atomic E-state index is 13.6. The molecule has 5 heterocycles. The number of amides is 4. The number of aromatic nitrogens is 2. The molecule has 0 bridgehead atoms. The number of likely N-dealkylation sites (tertiary alicyclic amines) is 1. The Labute approximate surface area is 237 Å². The number of hydrogen-bond donors (Lipinski definition) is 1. The number of hydrogen-bond acceptors (Lipinski definition) is 7. The topological polar surface area (TPSA) is 122 Å². The first-order chi connectivity index (χ1) is 19.9. The van der Waals surface area contributed by atoms with Crippen LogP contribution in [0.5, 0.6) is 5.75 Å². The molecule has 3 aliphatic rings. The van der Waals surface area contributed by atoms with Crippen LogP contribution in [0.2, 0.25) is 0 Å². The molecule has 0 spiro atoms. The normalized spacial score (nSPS) is 20.6. The Morgan fingerprint density at radius 3 is 2.61 bits per heavy atom. The Hall–Kier alpha value is -4.60. The summed E-state index contributed by atoms with van der Waals surface area (Å²) in [6.45, 7) is 3.25. The lowest BCUT2D eigenvalue weighted by molar-refractivity contribution is -0.136. The van der Waals surface area contributed by atoms with Gasteiger partial charge in [0.15, 0.2) is 0 Å². The molecule has 0 saturated carbocycles. The van der Waals surface area contributed by atoms with Gasteiger partial charge in [0.25, 0.3) is 11.8 Å². The van der Waals surface area contributed by atoms with Gasteiger partial charge in [0.05, 0.1) is 17.4 Å². The van der Waals surface area contributed by atoms with Crippen LogP contribution >= 0.6 is 0 Å². The van der Waals surface area contributed by atoms with Gasteiger partial charge in [-0.25, -0.2) is 0 Å². The molecule has 1 unspecified atom stereocenters. The van der Waals surface area contributed by atoms with Crippen LogP contribution in [-0.2, 0) is 16.1 Å². The highest BCUT2D eigenvalue weighted by Gasteiger charge is 2.39. The van der Waals surface area contributed by atoms with Crippen molar-refractivity contribution >= 4 is 23.6 Å². The summed E-state index contributed by atoms with van der Waals surface area (Å²) in [5.74, 6) is -0.417. The zero-order valence-corrected chi connectivity index (χ0v) is 22.8. The molecule has 2 saturated heterocycles. The van der Waals surface area contributed by atoms with Crippen molar-refractivity contribution in [1.29, 1.82) is 0 Å². The lowest BCUT2D eigenvalue weighted by atomic mass is 10.0. The first-order valence-electron chi connectivity index (χ1n) is 14.0.